The molecule has 0 bridgehead atoms. The van der Waals surface area contributed by atoms with E-state index in [0.717, 1.165) is 60.3 Å². The standard InChI is InChI=1S/C35H52O3/c1-24(2)10-9-11-25(3)30-16-17-31-29-15-14-27-22-28(38-33(36)37-23-26-12-7-6-8-13-26)18-20-34(27,4)32(29)19-21-35(30,31)5/h6-8,12-14,24-25,28-32H,9-11,15-23H2,1-5H3/t25-,28+,29-,30+,31+,32-,34+,35-/m1/s1. The Bertz CT molecular complexity index is 982. The zero-order valence-electron chi connectivity index (χ0n) is 24.7. The molecule has 4 aliphatic carbocycles. The molecule has 0 aromatic heterocycles. The predicted molar refractivity (Wildman–Crippen MR) is 155 cm³/mol. The summed E-state index contributed by atoms with van der Waals surface area (Å²) in [5, 5.41) is 0. The lowest BCUT2D eigenvalue weighted by molar-refractivity contribution is -0.0620. The molecule has 38 heavy (non-hydrogen) atoms. The molecule has 0 spiro atoms. The molecule has 3 heteroatoms. The molecule has 4 aliphatic rings. The van der Waals surface area contributed by atoms with Crippen LogP contribution in [-0.4, -0.2) is 12.3 Å². The van der Waals surface area contributed by atoms with Gasteiger partial charge in [0.1, 0.15) is 12.7 Å². The number of ether oxygens (including phenoxy) is 2. The van der Waals surface area contributed by atoms with E-state index in [1.165, 1.54) is 51.4 Å². The van der Waals surface area contributed by atoms with E-state index in [0.29, 0.717) is 5.41 Å². The van der Waals surface area contributed by atoms with Crippen LogP contribution in [0.3, 0.4) is 0 Å². The Hall–Kier alpha value is -1.77. The summed E-state index contributed by atoms with van der Waals surface area (Å²) in [6.07, 6.45) is 16.1. The molecule has 5 rings (SSSR count). The third-order valence-corrected chi connectivity index (χ3v) is 11.7. The van der Waals surface area contributed by atoms with Gasteiger partial charge in [-0.25, -0.2) is 4.79 Å². The van der Waals surface area contributed by atoms with Crippen LogP contribution >= 0.6 is 0 Å². The molecule has 0 saturated heterocycles. The maximum atomic E-state index is 12.4. The van der Waals surface area contributed by atoms with Crippen LogP contribution in [0.5, 0.6) is 0 Å². The first kappa shape index (κ1) is 27.8. The molecule has 1 aromatic rings. The largest absolute Gasteiger partial charge is 0.508 e. The van der Waals surface area contributed by atoms with E-state index in [2.05, 4.69) is 40.7 Å². The minimum atomic E-state index is -0.523. The van der Waals surface area contributed by atoms with Crippen LogP contribution in [0.4, 0.5) is 4.79 Å². The molecule has 8 atom stereocenters. The minimum absolute atomic E-state index is 0.0504. The Balaban J connectivity index is 1.19. The van der Waals surface area contributed by atoms with Crippen LogP contribution in [0.2, 0.25) is 0 Å². The van der Waals surface area contributed by atoms with Crippen molar-refractivity contribution in [2.45, 2.75) is 118 Å². The number of hydrogen-bond acceptors (Lipinski definition) is 3. The van der Waals surface area contributed by atoms with E-state index in [-0.39, 0.29) is 18.1 Å². The maximum absolute atomic E-state index is 12.4. The lowest BCUT2D eigenvalue weighted by Gasteiger charge is -2.58. The van der Waals surface area contributed by atoms with Crippen LogP contribution < -0.4 is 0 Å². The van der Waals surface area contributed by atoms with Gasteiger partial charge in [-0.15, -0.1) is 0 Å². The van der Waals surface area contributed by atoms with E-state index in [9.17, 15) is 4.79 Å². The van der Waals surface area contributed by atoms with Crippen LogP contribution in [0.1, 0.15) is 111 Å². The molecule has 3 fully saturated rings. The second-order valence-electron chi connectivity index (χ2n) is 14.3. The maximum Gasteiger partial charge on any atom is 0.508 e. The second-order valence-corrected chi connectivity index (χ2v) is 14.3. The van der Waals surface area contributed by atoms with Crippen LogP contribution in [-0.2, 0) is 16.1 Å². The molecule has 0 heterocycles. The fourth-order valence-corrected chi connectivity index (χ4v) is 9.64. The third kappa shape index (κ3) is 5.46. The van der Waals surface area contributed by atoms with Gasteiger partial charge in [0, 0.05) is 6.42 Å². The summed E-state index contributed by atoms with van der Waals surface area (Å²) in [4.78, 5) is 12.4. The number of fused-ring (bicyclic) bond motifs is 5. The molecule has 0 amide bonds. The van der Waals surface area contributed by atoms with Crippen molar-refractivity contribution in [1.29, 1.82) is 0 Å². The van der Waals surface area contributed by atoms with E-state index >= 15 is 0 Å². The summed E-state index contributed by atoms with van der Waals surface area (Å²) in [5.41, 5.74) is 3.36. The molecule has 0 radical (unpaired) electrons. The third-order valence-electron chi connectivity index (χ3n) is 11.7. The first-order valence-corrected chi connectivity index (χ1v) is 15.8. The second kappa shape index (κ2) is 11.4. The molecule has 0 unspecified atom stereocenters. The lowest BCUT2D eigenvalue weighted by Crippen LogP contribution is -2.51. The molecule has 3 saturated carbocycles. The van der Waals surface area contributed by atoms with Crippen molar-refractivity contribution in [2.24, 2.45) is 46.3 Å². The number of rotatable bonds is 8. The fraction of sp³-hybridized carbons (Fsp3) is 0.743. The smallest absolute Gasteiger partial charge is 0.431 e. The van der Waals surface area contributed by atoms with Crippen LogP contribution in [0.25, 0.3) is 0 Å². The van der Waals surface area contributed by atoms with Crippen LogP contribution in [0, 0.1) is 46.3 Å². The van der Waals surface area contributed by atoms with Crippen molar-refractivity contribution in [3.63, 3.8) is 0 Å². The van der Waals surface area contributed by atoms with Gasteiger partial charge in [0.2, 0.25) is 0 Å². The number of benzene rings is 1. The summed E-state index contributed by atoms with van der Waals surface area (Å²) < 4.78 is 11.2. The first-order chi connectivity index (χ1) is 18.2. The molecule has 0 aliphatic heterocycles. The van der Waals surface area contributed by atoms with Gasteiger partial charge in [0.25, 0.3) is 0 Å². The number of carbonyl (C=O) groups is 1. The number of allylic oxidation sites excluding steroid dienone is 1. The number of hydrogen-bond donors (Lipinski definition) is 0. The van der Waals surface area contributed by atoms with E-state index in [4.69, 9.17) is 9.47 Å². The molecular formula is C35H52O3. The SMILES string of the molecule is CC(C)CCC[C@@H](C)[C@@H]1CC[C@H]2[C@H]3CC=C4C[C@@H](OC(=O)OCc5ccccc5)CC[C@]4(C)[C@@H]3CC[C@@]21C. The summed E-state index contributed by atoms with van der Waals surface area (Å²) >= 11 is 0. The van der Waals surface area contributed by atoms with Gasteiger partial charge < -0.3 is 9.47 Å². The van der Waals surface area contributed by atoms with Gasteiger partial charge in [-0.05, 0) is 96.8 Å². The lowest BCUT2D eigenvalue weighted by atomic mass is 9.47. The summed E-state index contributed by atoms with van der Waals surface area (Å²) in [7, 11) is 0. The Morgan fingerprint density at radius 1 is 0.974 bits per heavy atom. The normalized spacial score (nSPS) is 37.0. The van der Waals surface area contributed by atoms with Gasteiger partial charge >= 0.3 is 6.16 Å². The van der Waals surface area contributed by atoms with Crippen molar-refractivity contribution in [3.8, 4) is 0 Å². The van der Waals surface area contributed by atoms with Crippen molar-refractivity contribution in [2.75, 3.05) is 0 Å². The van der Waals surface area contributed by atoms with E-state index in [1.807, 2.05) is 30.3 Å². The highest BCUT2D eigenvalue weighted by Gasteiger charge is 2.59. The average Bonchev–Trinajstić information content (AvgIpc) is 3.25. The quantitative estimate of drug-likeness (QED) is 0.253. The highest BCUT2D eigenvalue weighted by Crippen LogP contribution is 2.67. The predicted octanol–water partition coefficient (Wildman–Crippen LogP) is 9.75. The molecule has 210 valence electrons. The van der Waals surface area contributed by atoms with Gasteiger partial charge in [0.15, 0.2) is 0 Å². The Kier molecular flexibility index (Phi) is 8.32. The van der Waals surface area contributed by atoms with Crippen molar-refractivity contribution in [1.82, 2.24) is 0 Å². The van der Waals surface area contributed by atoms with Gasteiger partial charge in [-0.1, -0.05) is 95.9 Å². The van der Waals surface area contributed by atoms with Crippen molar-refractivity contribution in [3.05, 3.63) is 47.5 Å². The Morgan fingerprint density at radius 3 is 2.53 bits per heavy atom. The molecule has 3 nitrogen and oxygen atoms in total. The molecule has 0 N–H and O–H groups in total. The topological polar surface area (TPSA) is 35.5 Å². The minimum Gasteiger partial charge on any atom is -0.431 e. The highest BCUT2D eigenvalue weighted by molar-refractivity contribution is 5.60. The zero-order valence-corrected chi connectivity index (χ0v) is 24.7. The van der Waals surface area contributed by atoms with Crippen molar-refractivity contribution >= 4 is 6.16 Å². The van der Waals surface area contributed by atoms with Gasteiger partial charge in [-0.2, -0.15) is 0 Å². The van der Waals surface area contributed by atoms with E-state index in [1.54, 1.807) is 5.57 Å². The Morgan fingerprint density at radius 2 is 1.76 bits per heavy atom. The summed E-state index contributed by atoms with van der Waals surface area (Å²) in [5.74, 6) is 5.11. The highest BCUT2D eigenvalue weighted by atomic mass is 16.7. The van der Waals surface area contributed by atoms with Gasteiger partial charge in [0.05, 0.1) is 0 Å². The van der Waals surface area contributed by atoms with Crippen molar-refractivity contribution < 1.29 is 14.3 Å². The zero-order chi connectivity index (χ0) is 26.9. The fourth-order valence-electron chi connectivity index (χ4n) is 9.64. The van der Waals surface area contributed by atoms with Gasteiger partial charge in [-0.3, -0.25) is 0 Å². The monoisotopic (exact) mass is 520 g/mol. The Labute approximate surface area is 232 Å². The average molecular weight is 521 g/mol. The first-order valence-electron chi connectivity index (χ1n) is 15.8. The number of carbonyl (C=O) groups excluding carboxylic acids is 1. The summed E-state index contributed by atoms with van der Waals surface area (Å²) in [6, 6.07) is 9.83. The van der Waals surface area contributed by atoms with Crippen LogP contribution in [0.15, 0.2) is 42.0 Å². The van der Waals surface area contributed by atoms with E-state index < -0.39 is 6.16 Å². The molecule has 1 aromatic carbocycles. The summed E-state index contributed by atoms with van der Waals surface area (Å²) in [6.45, 7) is 12.8. The molecular weight excluding hydrogens is 468 g/mol.